The summed E-state index contributed by atoms with van der Waals surface area (Å²) in [5.74, 6) is -0.918. The molecule has 30 heavy (non-hydrogen) atoms. The molecule has 2 aromatic rings. The number of ketones is 1. The number of nitrogens with zero attached hydrogens (tertiary/aromatic N) is 2. The van der Waals surface area contributed by atoms with Gasteiger partial charge in [0.2, 0.25) is 0 Å². The summed E-state index contributed by atoms with van der Waals surface area (Å²) in [5.41, 5.74) is 1.29. The summed E-state index contributed by atoms with van der Waals surface area (Å²) in [7, 11) is 5.45. The first-order valence-electron chi connectivity index (χ1n) is 9.66. The van der Waals surface area contributed by atoms with Gasteiger partial charge in [0.25, 0.3) is 11.7 Å². The minimum atomic E-state index is -0.676. The van der Waals surface area contributed by atoms with Crippen molar-refractivity contribution in [2.45, 2.75) is 12.5 Å². The number of ether oxygens (including phenoxy) is 1. The lowest BCUT2D eigenvalue weighted by atomic mass is 9.95. The molecule has 1 N–H and O–H groups in total. The maximum atomic E-state index is 13.0. The fraction of sp³-hybridized carbons (Fsp3) is 0.304. The van der Waals surface area contributed by atoms with Crippen molar-refractivity contribution in [1.29, 1.82) is 0 Å². The Bertz CT molecular complexity index is 987. The van der Waals surface area contributed by atoms with Crippen molar-refractivity contribution in [3.05, 3.63) is 69.7 Å². The summed E-state index contributed by atoms with van der Waals surface area (Å²) >= 11 is 3.46. The molecular weight excluding hydrogens is 448 g/mol. The first-order chi connectivity index (χ1) is 14.3. The molecule has 1 aliphatic rings. The molecule has 0 saturated carbocycles. The average molecular weight is 473 g/mol. The van der Waals surface area contributed by atoms with Gasteiger partial charge in [-0.05, 0) is 56.9 Å². The fourth-order valence-electron chi connectivity index (χ4n) is 3.62. The molecule has 158 valence electrons. The molecule has 0 radical (unpaired) electrons. The van der Waals surface area contributed by atoms with Crippen molar-refractivity contribution in [1.82, 2.24) is 9.80 Å². The quantitative estimate of drug-likeness (QED) is 0.376. The van der Waals surface area contributed by atoms with Crippen LogP contribution in [0.1, 0.15) is 23.6 Å². The Balaban J connectivity index is 2.11. The molecule has 0 aromatic heterocycles. The van der Waals surface area contributed by atoms with E-state index >= 15 is 0 Å². The molecule has 6 nitrogen and oxygen atoms in total. The van der Waals surface area contributed by atoms with Gasteiger partial charge >= 0.3 is 0 Å². The molecule has 0 bridgehead atoms. The predicted octanol–water partition coefficient (Wildman–Crippen LogP) is 3.83. The van der Waals surface area contributed by atoms with Gasteiger partial charge in [-0.2, -0.15) is 0 Å². The van der Waals surface area contributed by atoms with Crippen molar-refractivity contribution in [2.75, 3.05) is 34.3 Å². The Morgan fingerprint density at radius 1 is 1.17 bits per heavy atom. The molecule has 3 rings (SSSR count). The van der Waals surface area contributed by atoms with Crippen LogP contribution in [0, 0.1) is 0 Å². The highest BCUT2D eigenvalue weighted by Gasteiger charge is 2.45. The minimum Gasteiger partial charge on any atom is -0.507 e. The number of halogens is 1. The monoisotopic (exact) mass is 472 g/mol. The Kier molecular flexibility index (Phi) is 6.95. The Hall–Kier alpha value is -2.64. The molecule has 0 aliphatic carbocycles. The van der Waals surface area contributed by atoms with E-state index in [9.17, 15) is 14.7 Å². The van der Waals surface area contributed by atoms with E-state index in [1.165, 1.54) is 7.11 Å². The van der Waals surface area contributed by atoms with Gasteiger partial charge < -0.3 is 19.6 Å². The summed E-state index contributed by atoms with van der Waals surface area (Å²) < 4.78 is 6.07. The number of likely N-dealkylation sites (tertiary alicyclic amines) is 1. The van der Waals surface area contributed by atoms with Crippen LogP contribution in [0.3, 0.4) is 0 Å². The lowest BCUT2D eigenvalue weighted by Gasteiger charge is -2.26. The van der Waals surface area contributed by atoms with Crippen molar-refractivity contribution in [2.24, 2.45) is 0 Å². The first kappa shape index (κ1) is 22.1. The van der Waals surface area contributed by atoms with E-state index in [1.54, 1.807) is 29.2 Å². The normalized spacial score (nSPS) is 18.3. The second kappa shape index (κ2) is 9.45. The number of aliphatic hydroxyl groups is 1. The van der Waals surface area contributed by atoms with Gasteiger partial charge in [-0.3, -0.25) is 9.59 Å². The van der Waals surface area contributed by atoms with Crippen LogP contribution < -0.4 is 4.74 Å². The van der Waals surface area contributed by atoms with Crippen LogP contribution in [0.4, 0.5) is 0 Å². The number of hydrogen-bond donors (Lipinski definition) is 1. The second-order valence-corrected chi connectivity index (χ2v) is 8.35. The Morgan fingerprint density at radius 3 is 2.57 bits per heavy atom. The summed E-state index contributed by atoms with van der Waals surface area (Å²) in [6.45, 7) is 1.19. The number of carbonyl (C=O) groups excluding carboxylic acids is 2. The van der Waals surface area contributed by atoms with E-state index in [-0.39, 0.29) is 11.3 Å². The van der Waals surface area contributed by atoms with Crippen molar-refractivity contribution >= 4 is 33.4 Å². The summed E-state index contributed by atoms with van der Waals surface area (Å²) in [4.78, 5) is 29.5. The van der Waals surface area contributed by atoms with E-state index in [4.69, 9.17) is 4.74 Å². The molecule has 1 saturated heterocycles. The summed E-state index contributed by atoms with van der Waals surface area (Å²) in [6.07, 6.45) is 0.712. The van der Waals surface area contributed by atoms with Crippen LogP contribution >= 0.6 is 15.9 Å². The number of rotatable bonds is 7. The van der Waals surface area contributed by atoms with Crippen LogP contribution in [0.25, 0.3) is 5.76 Å². The second-order valence-electron chi connectivity index (χ2n) is 7.44. The fourth-order valence-corrected chi connectivity index (χ4v) is 4.03. The highest BCUT2D eigenvalue weighted by Crippen LogP contribution is 2.40. The van der Waals surface area contributed by atoms with Crippen LogP contribution in [-0.2, 0) is 9.59 Å². The summed E-state index contributed by atoms with van der Waals surface area (Å²) in [6, 6.07) is 13.6. The van der Waals surface area contributed by atoms with Gasteiger partial charge in [-0.15, -0.1) is 0 Å². The van der Waals surface area contributed by atoms with Gasteiger partial charge in [0.15, 0.2) is 0 Å². The minimum absolute atomic E-state index is 0.0937. The number of methoxy groups -OCH3 is 1. The lowest BCUT2D eigenvalue weighted by molar-refractivity contribution is -0.139. The maximum Gasteiger partial charge on any atom is 0.295 e. The van der Waals surface area contributed by atoms with Crippen molar-refractivity contribution in [3.8, 4) is 5.75 Å². The van der Waals surface area contributed by atoms with Gasteiger partial charge in [-0.25, -0.2) is 0 Å². The first-order valence-corrected chi connectivity index (χ1v) is 10.5. The predicted molar refractivity (Wildman–Crippen MR) is 119 cm³/mol. The number of hydrogen-bond acceptors (Lipinski definition) is 5. The molecule has 7 heteroatoms. The molecule has 1 fully saturated rings. The van der Waals surface area contributed by atoms with Crippen molar-refractivity contribution in [3.63, 3.8) is 0 Å². The standard InChI is InChI=1S/C23H25BrN2O4/c1-25(2)11-6-12-26-20(15-7-4-9-17(24)13-15)19(22(28)23(26)29)21(27)16-8-5-10-18(14-16)30-3/h4-5,7-10,13-14,20,27H,6,11-12H2,1-3H3/t20-/m0/s1. The molecule has 1 heterocycles. The zero-order valence-electron chi connectivity index (χ0n) is 17.3. The molecule has 1 atom stereocenters. The molecule has 0 unspecified atom stereocenters. The average Bonchev–Trinajstić information content (AvgIpc) is 2.98. The molecular formula is C23H25BrN2O4. The van der Waals surface area contributed by atoms with Crippen LogP contribution in [0.2, 0.25) is 0 Å². The number of benzene rings is 2. The number of aliphatic hydroxyl groups excluding tert-OH is 1. The van der Waals surface area contributed by atoms with Gasteiger partial charge in [0.05, 0.1) is 18.7 Å². The third-order valence-electron chi connectivity index (χ3n) is 5.05. The van der Waals surface area contributed by atoms with Crippen LogP contribution in [0.15, 0.2) is 58.6 Å². The maximum absolute atomic E-state index is 13.0. The third kappa shape index (κ3) is 4.57. The Labute approximate surface area is 184 Å². The van der Waals surface area contributed by atoms with E-state index < -0.39 is 17.7 Å². The van der Waals surface area contributed by atoms with Gasteiger partial charge in [0, 0.05) is 16.6 Å². The number of Topliss-reactive ketones (excluding diaryl/α,β-unsaturated/α-hetero) is 1. The SMILES string of the molecule is COc1cccc(C(O)=C2C(=O)C(=O)N(CCCN(C)C)[C@H]2c2cccc(Br)c2)c1. The highest BCUT2D eigenvalue weighted by molar-refractivity contribution is 9.10. The number of amides is 1. The molecule has 0 spiro atoms. The van der Waals surface area contributed by atoms with Crippen LogP contribution in [-0.4, -0.2) is 60.9 Å². The zero-order chi connectivity index (χ0) is 21.8. The van der Waals surface area contributed by atoms with E-state index in [0.717, 1.165) is 16.6 Å². The van der Waals surface area contributed by atoms with Gasteiger partial charge in [0.1, 0.15) is 11.5 Å². The lowest BCUT2D eigenvalue weighted by Crippen LogP contribution is -2.32. The summed E-state index contributed by atoms with van der Waals surface area (Å²) in [5, 5.41) is 11.1. The van der Waals surface area contributed by atoms with Gasteiger partial charge in [-0.1, -0.05) is 40.2 Å². The van der Waals surface area contributed by atoms with E-state index in [1.807, 2.05) is 43.3 Å². The molecule has 1 aliphatic heterocycles. The van der Waals surface area contributed by atoms with E-state index in [2.05, 4.69) is 15.9 Å². The molecule has 1 amide bonds. The van der Waals surface area contributed by atoms with Crippen molar-refractivity contribution < 1.29 is 19.4 Å². The third-order valence-corrected chi connectivity index (χ3v) is 5.55. The zero-order valence-corrected chi connectivity index (χ0v) is 18.8. The van der Waals surface area contributed by atoms with Crippen LogP contribution in [0.5, 0.6) is 5.75 Å². The van der Waals surface area contributed by atoms with E-state index in [0.29, 0.717) is 24.3 Å². The largest absolute Gasteiger partial charge is 0.507 e. The highest BCUT2D eigenvalue weighted by atomic mass is 79.9. The Morgan fingerprint density at radius 2 is 1.90 bits per heavy atom. The topological polar surface area (TPSA) is 70.1 Å². The number of carbonyl (C=O) groups is 2. The molecule has 2 aromatic carbocycles. The smallest absolute Gasteiger partial charge is 0.295 e.